The van der Waals surface area contributed by atoms with E-state index in [1.807, 2.05) is 76.2 Å². The Morgan fingerprint density at radius 1 is 0.971 bits per heavy atom. The molecule has 1 radical (unpaired) electrons. The zero-order valence-corrected chi connectivity index (χ0v) is 23.4. The summed E-state index contributed by atoms with van der Waals surface area (Å²) in [6, 6.07) is 22.4. The monoisotopic (exact) mass is 652 g/mol. The predicted molar refractivity (Wildman–Crippen MR) is 143 cm³/mol. The van der Waals surface area contributed by atoms with Gasteiger partial charge in [-0.3, -0.25) is 4.79 Å². The van der Waals surface area contributed by atoms with Crippen LogP contribution < -0.4 is 0 Å². The largest absolute Gasteiger partial charge is 0.512 e. The van der Waals surface area contributed by atoms with Gasteiger partial charge < -0.3 is 10.1 Å². The van der Waals surface area contributed by atoms with Crippen LogP contribution in [-0.2, 0) is 24.9 Å². The molecule has 0 bridgehead atoms. The van der Waals surface area contributed by atoms with E-state index in [4.69, 9.17) is 4.11 Å². The van der Waals surface area contributed by atoms with Crippen molar-refractivity contribution in [2.24, 2.45) is 11.8 Å². The third kappa shape index (κ3) is 9.55. The Bertz CT molecular complexity index is 1140. The molecular formula is C31H38IrNO2-. The van der Waals surface area contributed by atoms with Crippen molar-refractivity contribution in [3.8, 4) is 22.4 Å². The van der Waals surface area contributed by atoms with Crippen LogP contribution in [0.5, 0.6) is 0 Å². The van der Waals surface area contributed by atoms with Crippen molar-refractivity contribution in [2.75, 3.05) is 0 Å². The number of aliphatic hydroxyl groups excluding tert-OH is 1. The van der Waals surface area contributed by atoms with Crippen molar-refractivity contribution in [1.29, 1.82) is 0 Å². The van der Waals surface area contributed by atoms with Crippen molar-refractivity contribution in [3.05, 3.63) is 90.3 Å². The average molecular weight is 652 g/mol. The molecule has 3 rings (SSSR count). The summed E-state index contributed by atoms with van der Waals surface area (Å²) in [6.07, 6.45) is 6.31. The van der Waals surface area contributed by atoms with E-state index in [-0.39, 0.29) is 49.0 Å². The van der Waals surface area contributed by atoms with Gasteiger partial charge in [-0.15, -0.1) is 35.4 Å². The first-order chi connectivity index (χ1) is 17.6. The molecule has 0 saturated carbocycles. The summed E-state index contributed by atoms with van der Waals surface area (Å²) >= 11 is 0. The predicted octanol–water partition coefficient (Wildman–Crippen LogP) is 8.39. The summed E-state index contributed by atoms with van der Waals surface area (Å²) < 4.78 is 22.1. The number of aryl methyl sites for hydroxylation is 1. The standard InChI is InChI=1S/C18H14N.C13H24O2.Ir/c1-14-10-11-18(19-13-14)17-9-5-8-16(12-17)15-6-3-2-4-7-15;1-5-10(6-2)12(14)9-13(15)11(7-3)8-4;/h2-8,10-13H,1H3;9-11,14H,5-8H2,1-4H3;/q-1;;/b;12-9-;/i1D3;;. The molecule has 0 atom stereocenters. The quantitative estimate of drug-likeness (QED) is 0.144. The van der Waals surface area contributed by atoms with Gasteiger partial charge in [-0.25, -0.2) is 0 Å². The molecule has 0 unspecified atom stereocenters. The number of nitrogens with zero attached hydrogens (tertiary/aromatic N) is 1. The molecule has 35 heavy (non-hydrogen) atoms. The van der Waals surface area contributed by atoms with Crippen LogP contribution >= 0.6 is 0 Å². The number of allylic oxidation sites excluding steroid dienone is 2. The SMILES string of the molecule is CCC(CC)C(=O)/C=C(\O)C(CC)CC.[2H]C([2H])([2H])c1ccc(-c2[c-]ccc(-c3ccccc3)c2)nc1.[Ir]. The van der Waals surface area contributed by atoms with Crippen LogP contribution in [0.25, 0.3) is 22.4 Å². The van der Waals surface area contributed by atoms with Crippen molar-refractivity contribution in [3.63, 3.8) is 0 Å². The molecule has 0 aliphatic rings. The fourth-order valence-corrected chi connectivity index (χ4v) is 3.76. The molecule has 0 aliphatic carbocycles. The molecular weight excluding hydrogens is 611 g/mol. The zero-order valence-electron chi connectivity index (χ0n) is 24.0. The van der Waals surface area contributed by atoms with E-state index in [2.05, 4.69) is 11.1 Å². The molecule has 0 saturated heterocycles. The fourth-order valence-electron chi connectivity index (χ4n) is 3.76. The number of carbonyl (C=O) groups excluding carboxylic acids is 1. The van der Waals surface area contributed by atoms with E-state index in [1.54, 1.807) is 12.1 Å². The molecule has 3 nitrogen and oxygen atoms in total. The van der Waals surface area contributed by atoms with Gasteiger partial charge in [0.05, 0.1) is 5.76 Å². The molecule has 1 aromatic heterocycles. The second-order valence-corrected chi connectivity index (χ2v) is 8.29. The summed E-state index contributed by atoms with van der Waals surface area (Å²) in [6.45, 7) is 5.95. The van der Waals surface area contributed by atoms with Gasteiger partial charge in [0.2, 0.25) is 0 Å². The van der Waals surface area contributed by atoms with Gasteiger partial charge in [0.25, 0.3) is 0 Å². The van der Waals surface area contributed by atoms with Crippen LogP contribution in [-0.4, -0.2) is 15.9 Å². The minimum absolute atomic E-state index is 0. The van der Waals surface area contributed by atoms with Crippen LogP contribution in [0.3, 0.4) is 0 Å². The van der Waals surface area contributed by atoms with Gasteiger partial charge in [0.15, 0.2) is 5.78 Å². The molecule has 0 amide bonds. The van der Waals surface area contributed by atoms with Gasteiger partial charge in [-0.05, 0) is 49.4 Å². The van der Waals surface area contributed by atoms with Crippen LogP contribution in [0.15, 0.2) is 78.7 Å². The Hall–Kier alpha value is -2.55. The third-order valence-corrected chi connectivity index (χ3v) is 6.03. The topological polar surface area (TPSA) is 50.2 Å². The number of carbonyl (C=O) groups is 1. The Labute approximate surface area is 229 Å². The summed E-state index contributed by atoms with van der Waals surface area (Å²) in [5, 5.41) is 9.76. The Kier molecular flexibility index (Phi) is 11.8. The summed E-state index contributed by atoms with van der Waals surface area (Å²) in [7, 11) is 0. The summed E-state index contributed by atoms with van der Waals surface area (Å²) in [4.78, 5) is 16.0. The van der Waals surface area contributed by atoms with Crippen molar-refractivity contribution >= 4 is 5.78 Å². The van der Waals surface area contributed by atoms with E-state index < -0.39 is 6.85 Å². The molecule has 4 heteroatoms. The summed E-state index contributed by atoms with van der Waals surface area (Å²) in [5.74, 6) is 0.547. The van der Waals surface area contributed by atoms with Gasteiger partial charge >= 0.3 is 0 Å². The number of ketones is 1. The Morgan fingerprint density at radius 3 is 2.17 bits per heavy atom. The molecule has 0 fully saturated rings. The number of hydrogen-bond acceptors (Lipinski definition) is 3. The van der Waals surface area contributed by atoms with Crippen molar-refractivity contribution in [1.82, 2.24) is 4.98 Å². The number of hydrogen-bond donors (Lipinski definition) is 1. The maximum absolute atomic E-state index is 11.7. The average Bonchev–Trinajstić information content (AvgIpc) is 2.90. The van der Waals surface area contributed by atoms with E-state index in [1.165, 1.54) is 12.3 Å². The van der Waals surface area contributed by atoms with Gasteiger partial charge in [0.1, 0.15) is 0 Å². The minimum atomic E-state index is -2.12. The second-order valence-electron chi connectivity index (χ2n) is 8.29. The van der Waals surface area contributed by atoms with Crippen LogP contribution in [0, 0.1) is 24.8 Å². The first-order valence-corrected chi connectivity index (χ1v) is 12.1. The molecule has 3 aromatic rings. The first kappa shape index (κ1) is 25.5. The smallest absolute Gasteiger partial charge is 0.162 e. The maximum atomic E-state index is 11.7. The number of benzene rings is 2. The third-order valence-electron chi connectivity index (χ3n) is 6.03. The van der Waals surface area contributed by atoms with Gasteiger partial charge in [0, 0.05) is 48.3 Å². The molecule has 1 heterocycles. The Balaban J connectivity index is 0.000000401. The van der Waals surface area contributed by atoms with E-state index in [9.17, 15) is 9.90 Å². The minimum Gasteiger partial charge on any atom is -0.512 e. The van der Waals surface area contributed by atoms with Crippen LogP contribution in [0.4, 0.5) is 0 Å². The fraction of sp³-hybridized carbons (Fsp3) is 0.355. The van der Waals surface area contributed by atoms with Crippen LogP contribution in [0.2, 0.25) is 0 Å². The molecule has 1 N–H and O–H groups in total. The molecule has 0 aliphatic heterocycles. The van der Waals surface area contributed by atoms with Crippen LogP contribution in [0.1, 0.15) is 63.1 Å². The molecule has 189 valence electrons. The van der Waals surface area contributed by atoms with Gasteiger partial charge in [-0.1, -0.05) is 70.2 Å². The second kappa shape index (κ2) is 16.2. The zero-order chi connectivity index (χ0) is 27.4. The van der Waals surface area contributed by atoms with Crippen molar-refractivity contribution in [2.45, 2.75) is 60.2 Å². The van der Waals surface area contributed by atoms with E-state index in [0.29, 0.717) is 5.69 Å². The number of rotatable bonds is 9. The normalized spacial score (nSPS) is 12.6. The van der Waals surface area contributed by atoms with E-state index in [0.717, 1.165) is 42.4 Å². The maximum Gasteiger partial charge on any atom is 0.162 e. The number of aliphatic hydroxyl groups is 1. The molecule has 2 aromatic carbocycles. The Morgan fingerprint density at radius 2 is 1.63 bits per heavy atom. The van der Waals surface area contributed by atoms with Crippen molar-refractivity contribution < 1.29 is 34.1 Å². The number of pyridine rings is 1. The summed E-state index contributed by atoms with van der Waals surface area (Å²) in [5.41, 5.74) is 4.01. The first-order valence-electron chi connectivity index (χ1n) is 13.6. The van der Waals surface area contributed by atoms with Gasteiger partial charge in [-0.2, -0.15) is 0 Å². The number of aromatic nitrogens is 1. The molecule has 0 spiro atoms. The van der Waals surface area contributed by atoms with E-state index >= 15 is 0 Å².